The highest BCUT2D eigenvalue weighted by Gasteiger charge is 2.04. The average molecular weight is 230 g/mol. The number of carbonyl (C=O) groups is 1. The van der Waals surface area contributed by atoms with Gasteiger partial charge >= 0.3 is 5.97 Å². The fourth-order valence-electron chi connectivity index (χ4n) is 0.957. The summed E-state index contributed by atoms with van der Waals surface area (Å²) in [5, 5.41) is 11.8. The quantitative estimate of drug-likeness (QED) is 0.406. The average Bonchev–Trinajstić information content (AvgIpc) is 2.60. The number of tetrazole rings is 1. The van der Waals surface area contributed by atoms with Crippen molar-refractivity contribution >= 4 is 17.7 Å². The summed E-state index contributed by atoms with van der Waals surface area (Å²) in [4.78, 5) is 11.0. The molecule has 0 aliphatic heterocycles. The SMILES string of the molecule is CCOC(=O)CCCSc1nnnn1C. The van der Waals surface area contributed by atoms with Gasteiger partial charge in [0.2, 0.25) is 5.16 Å². The van der Waals surface area contributed by atoms with Gasteiger partial charge in [0.1, 0.15) is 0 Å². The van der Waals surface area contributed by atoms with E-state index in [1.165, 1.54) is 11.8 Å². The van der Waals surface area contributed by atoms with Gasteiger partial charge in [-0.25, -0.2) is 4.68 Å². The van der Waals surface area contributed by atoms with Crippen LogP contribution in [-0.4, -0.2) is 38.5 Å². The Balaban J connectivity index is 2.12. The molecule has 1 rings (SSSR count). The third kappa shape index (κ3) is 4.28. The number of carbonyl (C=O) groups excluding carboxylic acids is 1. The fourth-order valence-corrected chi connectivity index (χ4v) is 1.75. The van der Waals surface area contributed by atoms with E-state index in [-0.39, 0.29) is 5.97 Å². The maximum Gasteiger partial charge on any atom is 0.305 e. The molecule has 0 saturated carbocycles. The molecule has 0 radical (unpaired) electrons. The van der Waals surface area contributed by atoms with Gasteiger partial charge in [-0.15, -0.1) is 5.10 Å². The Morgan fingerprint density at radius 2 is 2.40 bits per heavy atom. The minimum Gasteiger partial charge on any atom is -0.466 e. The summed E-state index contributed by atoms with van der Waals surface area (Å²) >= 11 is 1.53. The van der Waals surface area contributed by atoms with Crippen molar-refractivity contribution < 1.29 is 9.53 Å². The lowest BCUT2D eigenvalue weighted by atomic mass is 10.3. The van der Waals surface area contributed by atoms with Crippen molar-refractivity contribution in [3.05, 3.63) is 0 Å². The lowest BCUT2D eigenvalue weighted by molar-refractivity contribution is -0.143. The Kier molecular flexibility index (Phi) is 5.09. The molecule has 0 N–H and O–H groups in total. The first-order valence-corrected chi connectivity index (χ1v) is 5.73. The van der Waals surface area contributed by atoms with Crippen LogP contribution in [0.2, 0.25) is 0 Å². The van der Waals surface area contributed by atoms with Crippen molar-refractivity contribution in [3.63, 3.8) is 0 Å². The molecular weight excluding hydrogens is 216 g/mol. The molecule has 0 unspecified atom stereocenters. The number of aryl methyl sites for hydroxylation is 1. The molecule has 1 aromatic rings. The molecule has 0 aliphatic carbocycles. The zero-order chi connectivity index (χ0) is 11.1. The van der Waals surface area contributed by atoms with E-state index in [9.17, 15) is 4.79 Å². The van der Waals surface area contributed by atoms with Gasteiger partial charge in [-0.05, 0) is 23.8 Å². The van der Waals surface area contributed by atoms with Gasteiger partial charge in [0, 0.05) is 19.2 Å². The fraction of sp³-hybridized carbons (Fsp3) is 0.750. The summed E-state index contributed by atoms with van der Waals surface area (Å²) in [5.74, 6) is 0.668. The molecular formula is C8H14N4O2S. The van der Waals surface area contributed by atoms with E-state index in [2.05, 4.69) is 15.5 Å². The van der Waals surface area contributed by atoms with Crippen LogP contribution in [0.1, 0.15) is 19.8 Å². The monoisotopic (exact) mass is 230 g/mol. The Bertz CT molecular complexity index is 315. The highest BCUT2D eigenvalue weighted by Crippen LogP contribution is 2.14. The second-order valence-electron chi connectivity index (χ2n) is 2.84. The van der Waals surface area contributed by atoms with Crippen LogP contribution in [-0.2, 0) is 16.6 Å². The van der Waals surface area contributed by atoms with Crippen LogP contribution in [0.15, 0.2) is 5.16 Å². The van der Waals surface area contributed by atoms with Crippen LogP contribution in [0.25, 0.3) is 0 Å². The standard InChI is InChI=1S/C8H14N4O2S/c1-3-14-7(13)5-4-6-15-8-9-10-11-12(8)2/h3-6H2,1-2H3. The van der Waals surface area contributed by atoms with E-state index < -0.39 is 0 Å². The lowest BCUT2D eigenvalue weighted by Gasteiger charge is -2.00. The molecule has 15 heavy (non-hydrogen) atoms. The minimum absolute atomic E-state index is 0.144. The van der Waals surface area contributed by atoms with E-state index >= 15 is 0 Å². The number of ether oxygens (including phenoxy) is 1. The molecule has 0 aliphatic rings. The number of hydrogen-bond acceptors (Lipinski definition) is 6. The summed E-state index contributed by atoms with van der Waals surface area (Å²) < 4.78 is 6.42. The molecule has 0 saturated heterocycles. The Morgan fingerprint density at radius 3 is 3.00 bits per heavy atom. The molecule has 0 fully saturated rings. The molecule has 84 valence electrons. The predicted octanol–water partition coefficient (Wildman–Crippen LogP) is 0.645. The number of rotatable bonds is 6. The summed E-state index contributed by atoms with van der Waals surface area (Å²) in [7, 11) is 1.79. The number of thioether (sulfide) groups is 1. The summed E-state index contributed by atoms with van der Waals surface area (Å²) in [5.41, 5.74) is 0. The van der Waals surface area contributed by atoms with Crippen LogP contribution in [0.4, 0.5) is 0 Å². The number of hydrogen-bond donors (Lipinski definition) is 0. The molecule has 7 heteroatoms. The van der Waals surface area contributed by atoms with Gasteiger partial charge < -0.3 is 4.74 Å². The van der Waals surface area contributed by atoms with Gasteiger partial charge in [-0.2, -0.15) is 0 Å². The zero-order valence-electron chi connectivity index (χ0n) is 8.84. The van der Waals surface area contributed by atoms with Gasteiger partial charge in [-0.1, -0.05) is 11.8 Å². The minimum atomic E-state index is -0.144. The maximum absolute atomic E-state index is 11.0. The van der Waals surface area contributed by atoms with Crippen LogP contribution in [0, 0.1) is 0 Å². The summed E-state index contributed by atoms with van der Waals surface area (Å²) in [6.45, 7) is 2.25. The molecule has 0 aromatic carbocycles. The normalized spacial score (nSPS) is 10.3. The van der Waals surface area contributed by atoms with Crippen LogP contribution < -0.4 is 0 Å². The molecule has 0 bridgehead atoms. The van der Waals surface area contributed by atoms with Crippen molar-refractivity contribution in [3.8, 4) is 0 Å². The summed E-state index contributed by atoms with van der Waals surface area (Å²) in [6.07, 6.45) is 1.22. The number of esters is 1. The molecule has 1 heterocycles. The molecule has 0 spiro atoms. The smallest absolute Gasteiger partial charge is 0.305 e. The highest BCUT2D eigenvalue weighted by molar-refractivity contribution is 7.99. The second-order valence-corrected chi connectivity index (χ2v) is 3.90. The van der Waals surface area contributed by atoms with Crippen molar-refractivity contribution in [2.45, 2.75) is 24.9 Å². The van der Waals surface area contributed by atoms with Gasteiger partial charge in [0.15, 0.2) is 0 Å². The number of nitrogens with zero attached hydrogens (tertiary/aromatic N) is 4. The molecule has 6 nitrogen and oxygen atoms in total. The van der Waals surface area contributed by atoms with Gasteiger partial charge in [-0.3, -0.25) is 4.79 Å². The van der Waals surface area contributed by atoms with E-state index in [1.54, 1.807) is 18.7 Å². The third-order valence-corrected chi connectivity index (χ3v) is 2.74. The Hall–Kier alpha value is -1.11. The largest absolute Gasteiger partial charge is 0.466 e. The zero-order valence-corrected chi connectivity index (χ0v) is 9.66. The van der Waals surface area contributed by atoms with Crippen molar-refractivity contribution in [1.29, 1.82) is 0 Å². The number of aromatic nitrogens is 4. The molecule has 0 atom stereocenters. The van der Waals surface area contributed by atoms with Crippen molar-refractivity contribution in [1.82, 2.24) is 20.2 Å². The second kappa shape index (κ2) is 6.39. The third-order valence-electron chi connectivity index (χ3n) is 1.64. The van der Waals surface area contributed by atoms with E-state index in [0.29, 0.717) is 13.0 Å². The Morgan fingerprint density at radius 1 is 1.60 bits per heavy atom. The van der Waals surface area contributed by atoms with Crippen LogP contribution >= 0.6 is 11.8 Å². The topological polar surface area (TPSA) is 69.9 Å². The predicted molar refractivity (Wildman–Crippen MR) is 55.4 cm³/mol. The Labute approximate surface area is 92.4 Å². The van der Waals surface area contributed by atoms with E-state index in [0.717, 1.165) is 17.3 Å². The van der Waals surface area contributed by atoms with Crippen molar-refractivity contribution in [2.24, 2.45) is 7.05 Å². The van der Waals surface area contributed by atoms with Gasteiger partial charge in [0.05, 0.1) is 6.61 Å². The first-order valence-electron chi connectivity index (χ1n) is 4.74. The molecule has 0 amide bonds. The highest BCUT2D eigenvalue weighted by atomic mass is 32.2. The lowest BCUT2D eigenvalue weighted by Crippen LogP contribution is -2.04. The van der Waals surface area contributed by atoms with E-state index in [1.807, 2.05) is 0 Å². The van der Waals surface area contributed by atoms with Crippen molar-refractivity contribution in [2.75, 3.05) is 12.4 Å². The first-order chi connectivity index (χ1) is 7.24. The maximum atomic E-state index is 11.0. The first kappa shape index (κ1) is 12.0. The van der Waals surface area contributed by atoms with E-state index in [4.69, 9.17) is 4.74 Å². The van der Waals surface area contributed by atoms with Crippen LogP contribution in [0.5, 0.6) is 0 Å². The van der Waals surface area contributed by atoms with Crippen LogP contribution in [0.3, 0.4) is 0 Å². The summed E-state index contributed by atoms with van der Waals surface area (Å²) in [6, 6.07) is 0. The van der Waals surface area contributed by atoms with Gasteiger partial charge in [0.25, 0.3) is 0 Å². The molecule has 1 aromatic heterocycles.